The minimum Gasteiger partial charge on any atom is -0.316 e. The maximum absolute atomic E-state index is 3.30. The van der Waals surface area contributed by atoms with Crippen LogP contribution in [0.2, 0.25) is 0 Å². The first-order chi connectivity index (χ1) is 3.39. The topological polar surface area (TPSA) is 12.0 Å². The molecule has 1 nitrogen and oxygen atoms in total. The van der Waals surface area contributed by atoms with Crippen LogP contribution in [0.15, 0.2) is 0 Å². The van der Waals surface area contributed by atoms with Crippen molar-refractivity contribution in [3.63, 3.8) is 0 Å². The molecule has 1 atom stereocenters. The molecule has 0 saturated carbocycles. The second-order valence-electron chi connectivity index (χ2n) is 2.21. The van der Waals surface area contributed by atoms with Gasteiger partial charge in [0.25, 0.3) is 0 Å². The van der Waals surface area contributed by atoms with Gasteiger partial charge in [-0.25, -0.2) is 0 Å². The van der Waals surface area contributed by atoms with Gasteiger partial charge in [0.1, 0.15) is 0 Å². The molecule has 0 spiro atoms. The molecule has 1 fully saturated rings. The highest BCUT2D eigenvalue weighted by molar-refractivity contribution is 4.79. The van der Waals surface area contributed by atoms with Gasteiger partial charge >= 0.3 is 0 Å². The van der Waals surface area contributed by atoms with E-state index in [4.69, 9.17) is 0 Å². The standard InChI is InChI=1S/C6H12N/c1-6-3-2-4-7-5-6/h3,6-7H,2,4-5H2,1H3. The number of hydrogen-bond acceptors (Lipinski definition) is 1. The maximum Gasteiger partial charge on any atom is -0.00204 e. The first-order valence-corrected chi connectivity index (χ1v) is 2.93. The van der Waals surface area contributed by atoms with E-state index in [0.717, 1.165) is 5.92 Å². The second kappa shape index (κ2) is 2.31. The molecule has 0 aromatic rings. The van der Waals surface area contributed by atoms with E-state index in [2.05, 4.69) is 18.7 Å². The molecule has 0 amide bonds. The van der Waals surface area contributed by atoms with Crippen molar-refractivity contribution in [3.8, 4) is 0 Å². The summed E-state index contributed by atoms with van der Waals surface area (Å²) in [5, 5.41) is 3.30. The van der Waals surface area contributed by atoms with Gasteiger partial charge in [0.15, 0.2) is 0 Å². The van der Waals surface area contributed by atoms with Gasteiger partial charge in [-0.1, -0.05) is 6.92 Å². The van der Waals surface area contributed by atoms with E-state index < -0.39 is 0 Å². The van der Waals surface area contributed by atoms with Gasteiger partial charge in [-0.05, 0) is 31.8 Å². The van der Waals surface area contributed by atoms with Crippen molar-refractivity contribution in [3.05, 3.63) is 6.42 Å². The van der Waals surface area contributed by atoms with Crippen LogP contribution >= 0.6 is 0 Å². The van der Waals surface area contributed by atoms with Gasteiger partial charge in [0.05, 0.1) is 0 Å². The van der Waals surface area contributed by atoms with Crippen LogP contribution in [0, 0.1) is 12.3 Å². The van der Waals surface area contributed by atoms with E-state index in [1.165, 1.54) is 19.5 Å². The molecule has 0 aromatic heterocycles. The summed E-state index contributed by atoms with van der Waals surface area (Å²) in [5.74, 6) is 0.800. The number of rotatable bonds is 0. The Bertz CT molecular complexity index is 46.1. The summed E-state index contributed by atoms with van der Waals surface area (Å²) in [5.41, 5.74) is 0. The summed E-state index contributed by atoms with van der Waals surface area (Å²) in [6.07, 6.45) is 3.62. The molecule has 1 rings (SSSR count). The van der Waals surface area contributed by atoms with Gasteiger partial charge in [-0.3, -0.25) is 0 Å². The van der Waals surface area contributed by atoms with Gasteiger partial charge in [-0.15, -0.1) is 0 Å². The van der Waals surface area contributed by atoms with Crippen LogP contribution in [0.5, 0.6) is 0 Å². The smallest absolute Gasteiger partial charge is 0.00204 e. The Hall–Kier alpha value is -0.0400. The summed E-state index contributed by atoms with van der Waals surface area (Å²) in [6, 6.07) is 0. The number of hydrogen-bond donors (Lipinski definition) is 1. The molecule has 1 unspecified atom stereocenters. The quantitative estimate of drug-likeness (QED) is 0.473. The Balaban J connectivity index is 2.12. The minimum absolute atomic E-state index is 0.800. The van der Waals surface area contributed by atoms with Crippen molar-refractivity contribution in [1.82, 2.24) is 5.32 Å². The van der Waals surface area contributed by atoms with Crippen molar-refractivity contribution in [2.24, 2.45) is 5.92 Å². The average Bonchev–Trinajstić information content (AvgIpc) is 1.69. The molecule has 1 heterocycles. The fraction of sp³-hybridized carbons (Fsp3) is 0.833. The molecule has 41 valence electrons. The summed E-state index contributed by atoms with van der Waals surface area (Å²) in [6.45, 7) is 4.61. The van der Waals surface area contributed by atoms with Crippen LogP contribution in [0.4, 0.5) is 0 Å². The van der Waals surface area contributed by atoms with E-state index >= 15 is 0 Å². The third-order valence-corrected chi connectivity index (χ3v) is 1.36. The molecular weight excluding hydrogens is 86.1 g/mol. The lowest BCUT2D eigenvalue weighted by molar-refractivity contribution is 0.494. The van der Waals surface area contributed by atoms with E-state index in [0.29, 0.717) is 0 Å². The third-order valence-electron chi connectivity index (χ3n) is 1.36. The second-order valence-corrected chi connectivity index (χ2v) is 2.21. The lowest BCUT2D eigenvalue weighted by Crippen LogP contribution is -2.28. The Morgan fingerprint density at radius 1 is 1.71 bits per heavy atom. The molecule has 0 aliphatic carbocycles. The van der Waals surface area contributed by atoms with Crippen molar-refractivity contribution < 1.29 is 0 Å². The van der Waals surface area contributed by atoms with Crippen LogP contribution in [0.1, 0.15) is 13.3 Å². The first-order valence-electron chi connectivity index (χ1n) is 2.93. The normalized spacial score (nSPS) is 33.0. The van der Waals surface area contributed by atoms with E-state index in [9.17, 15) is 0 Å². The molecule has 0 aromatic carbocycles. The zero-order valence-corrected chi connectivity index (χ0v) is 4.78. The summed E-state index contributed by atoms with van der Waals surface area (Å²) < 4.78 is 0. The zero-order chi connectivity index (χ0) is 5.11. The van der Waals surface area contributed by atoms with Crippen LogP contribution in [0.3, 0.4) is 0 Å². The summed E-state index contributed by atoms with van der Waals surface area (Å²) in [7, 11) is 0. The Labute approximate surface area is 45.1 Å². The molecule has 1 saturated heterocycles. The monoisotopic (exact) mass is 98.1 g/mol. The highest BCUT2D eigenvalue weighted by atomic mass is 14.9. The van der Waals surface area contributed by atoms with Crippen LogP contribution in [0.25, 0.3) is 0 Å². The summed E-state index contributed by atoms with van der Waals surface area (Å²) in [4.78, 5) is 0. The SMILES string of the molecule is CC1[CH]CCNC1. The van der Waals surface area contributed by atoms with Crippen molar-refractivity contribution in [1.29, 1.82) is 0 Å². The molecule has 1 heteroatoms. The Morgan fingerprint density at radius 3 is 2.86 bits per heavy atom. The molecule has 1 aliphatic heterocycles. The molecule has 1 aliphatic rings. The molecule has 1 radical (unpaired) electrons. The van der Waals surface area contributed by atoms with Crippen LogP contribution < -0.4 is 5.32 Å². The third kappa shape index (κ3) is 1.48. The average molecular weight is 98.2 g/mol. The lowest BCUT2D eigenvalue weighted by Gasteiger charge is -2.17. The van der Waals surface area contributed by atoms with Crippen LogP contribution in [-0.2, 0) is 0 Å². The van der Waals surface area contributed by atoms with E-state index in [1.54, 1.807) is 0 Å². The van der Waals surface area contributed by atoms with Gasteiger partial charge < -0.3 is 5.32 Å². The molecule has 0 bridgehead atoms. The van der Waals surface area contributed by atoms with Gasteiger partial charge in [0, 0.05) is 0 Å². The van der Waals surface area contributed by atoms with Crippen molar-refractivity contribution in [2.75, 3.05) is 13.1 Å². The predicted molar refractivity (Wildman–Crippen MR) is 31.0 cm³/mol. The number of piperidine rings is 1. The fourth-order valence-corrected chi connectivity index (χ4v) is 0.883. The molecule has 1 N–H and O–H groups in total. The fourth-order valence-electron chi connectivity index (χ4n) is 0.883. The largest absolute Gasteiger partial charge is 0.316 e. The van der Waals surface area contributed by atoms with Crippen LogP contribution in [-0.4, -0.2) is 13.1 Å². The first kappa shape index (κ1) is 5.10. The molecule has 7 heavy (non-hydrogen) atoms. The van der Waals surface area contributed by atoms with Gasteiger partial charge in [-0.2, -0.15) is 0 Å². The minimum atomic E-state index is 0.800. The molecular formula is C6H12N. The highest BCUT2D eigenvalue weighted by Crippen LogP contribution is 2.05. The van der Waals surface area contributed by atoms with Gasteiger partial charge in [0.2, 0.25) is 0 Å². The highest BCUT2D eigenvalue weighted by Gasteiger charge is 2.05. The van der Waals surface area contributed by atoms with E-state index in [1.807, 2.05) is 0 Å². The predicted octanol–water partition coefficient (Wildman–Crippen LogP) is 0.820. The zero-order valence-electron chi connectivity index (χ0n) is 4.78. The van der Waals surface area contributed by atoms with Crippen molar-refractivity contribution >= 4 is 0 Å². The summed E-state index contributed by atoms with van der Waals surface area (Å²) >= 11 is 0. The van der Waals surface area contributed by atoms with E-state index in [-0.39, 0.29) is 0 Å². The lowest BCUT2D eigenvalue weighted by atomic mass is 10.0. The van der Waals surface area contributed by atoms with Crippen molar-refractivity contribution in [2.45, 2.75) is 13.3 Å². The Morgan fingerprint density at radius 2 is 2.57 bits per heavy atom. The Kier molecular flexibility index (Phi) is 1.69. The maximum atomic E-state index is 3.30. The number of nitrogens with one attached hydrogen (secondary N) is 1.